The van der Waals surface area contributed by atoms with E-state index in [1.807, 2.05) is 91.0 Å². The van der Waals surface area contributed by atoms with Crippen molar-refractivity contribution in [3.63, 3.8) is 0 Å². The van der Waals surface area contributed by atoms with E-state index in [1.165, 1.54) is 0 Å². The van der Waals surface area contributed by atoms with Gasteiger partial charge in [0.2, 0.25) is 5.91 Å². The number of halogens is 1. The molecular formula is C35H32ClN7O2. The highest BCUT2D eigenvalue weighted by atomic mass is 35.5. The van der Waals surface area contributed by atoms with Crippen LogP contribution in [0.1, 0.15) is 28.9 Å². The van der Waals surface area contributed by atoms with Gasteiger partial charge in [0, 0.05) is 34.8 Å². The van der Waals surface area contributed by atoms with E-state index < -0.39 is 11.9 Å². The van der Waals surface area contributed by atoms with Crippen LogP contribution in [-0.4, -0.2) is 51.1 Å². The number of aromatic amines is 1. The van der Waals surface area contributed by atoms with E-state index in [-0.39, 0.29) is 17.5 Å². The van der Waals surface area contributed by atoms with E-state index in [2.05, 4.69) is 20.6 Å². The van der Waals surface area contributed by atoms with Gasteiger partial charge in [0.25, 0.3) is 5.91 Å². The average molecular weight is 618 g/mol. The summed E-state index contributed by atoms with van der Waals surface area (Å²) in [6.45, 7) is 0.717. The SMILES string of the molecule is NC(CCl)=NCCC[C@H](NC(=O)c1cc2c([nH]c3ccccc32)c(-c2ccc3ccccc3n2)n1)C(=O)NCc1ccccc1. The molecule has 9 nitrogen and oxygen atoms in total. The van der Waals surface area contributed by atoms with Crippen LogP contribution in [0.5, 0.6) is 0 Å². The number of rotatable bonds is 11. The molecule has 1 atom stereocenters. The summed E-state index contributed by atoms with van der Waals surface area (Å²) in [7, 11) is 0. The maximum absolute atomic E-state index is 13.9. The molecule has 45 heavy (non-hydrogen) atoms. The molecule has 3 heterocycles. The third-order valence-electron chi connectivity index (χ3n) is 7.60. The number of aromatic nitrogens is 3. The van der Waals surface area contributed by atoms with Crippen molar-refractivity contribution in [2.24, 2.45) is 10.7 Å². The van der Waals surface area contributed by atoms with Gasteiger partial charge in [0.05, 0.1) is 22.6 Å². The molecule has 0 saturated heterocycles. The van der Waals surface area contributed by atoms with Crippen molar-refractivity contribution < 1.29 is 9.59 Å². The van der Waals surface area contributed by atoms with E-state index in [0.29, 0.717) is 43.2 Å². The van der Waals surface area contributed by atoms with Crippen molar-refractivity contribution in [3.05, 3.63) is 108 Å². The Kier molecular flexibility index (Phi) is 8.98. The van der Waals surface area contributed by atoms with Gasteiger partial charge in [-0.05, 0) is 42.7 Å². The van der Waals surface area contributed by atoms with Crippen LogP contribution in [0.25, 0.3) is 44.1 Å². The fourth-order valence-electron chi connectivity index (χ4n) is 5.31. The van der Waals surface area contributed by atoms with Gasteiger partial charge < -0.3 is 21.4 Å². The maximum atomic E-state index is 13.9. The molecule has 226 valence electrons. The smallest absolute Gasteiger partial charge is 0.270 e. The monoisotopic (exact) mass is 617 g/mol. The number of benzene rings is 3. The van der Waals surface area contributed by atoms with Crippen LogP contribution in [0, 0.1) is 0 Å². The summed E-state index contributed by atoms with van der Waals surface area (Å²) >= 11 is 5.74. The Labute approximate surface area is 264 Å². The van der Waals surface area contributed by atoms with Crippen LogP contribution in [0.15, 0.2) is 102 Å². The third-order valence-corrected chi connectivity index (χ3v) is 7.88. The summed E-state index contributed by atoms with van der Waals surface area (Å²) in [5.41, 5.74) is 10.6. The second kappa shape index (κ2) is 13.6. The minimum Gasteiger partial charge on any atom is -0.386 e. The van der Waals surface area contributed by atoms with Gasteiger partial charge in [0.15, 0.2) is 0 Å². The lowest BCUT2D eigenvalue weighted by Crippen LogP contribution is -2.46. The highest BCUT2D eigenvalue weighted by Crippen LogP contribution is 2.32. The number of amides is 2. The second-order valence-electron chi connectivity index (χ2n) is 10.7. The minimum atomic E-state index is -0.823. The molecule has 0 spiro atoms. The van der Waals surface area contributed by atoms with E-state index >= 15 is 0 Å². The molecule has 5 N–H and O–H groups in total. The summed E-state index contributed by atoms with van der Waals surface area (Å²) in [4.78, 5) is 44.6. The number of H-pyrrole nitrogens is 1. The zero-order chi connectivity index (χ0) is 31.2. The fourth-order valence-corrected chi connectivity index (χ4v) is 5.40. The van der Waals surface area contributed by atoms with E-state index in [9.17, 15) is 9.59 Å². The number of alkyl halides is 1. The lowest BCUT2D eigenvalue weighted by molar-refractivity contribution is -0.123. The molecule has 3 aromatic carbocycles. The molecule has 0 radical (unpaired) electrons. The molecular weight excluding hydrogens is 586 g/mol. The molecule has 0 bridgehead atoms. The molecule has 0 aliphatic rings. The first-order valence-electron chi connectivity index (χ1n) is 14.7. The van der Waals surface area contributed by atoms with Crippen molar-refractivity contribution in [2.75, 3.05) is 12.4 Å². The zero-order valence-electron chi connectivity index (χ0n) is 24.5. The van der Waals surface area contributed by atoms with Crippen molar-refractivity contribution in [2.45, 2.75) is 25.4 Å². The van der Waals surface area contributed by atoms with Gasteiger partial charge in [0.1, 0.15) is 23.3 Å². The largest absolute Gasteiger partial charge is 0.386 e. The third kappa shape index (κ3) is 6.78. The highest BCUT2D eigenvalue weighted by Gasteiger charge is 2.24. The minimum absolute atomic E-state index is 0.133. The number of amidine groups is 1. The van der Waals surface area contributed by atoms with Gasteiger partial charge in [-0.3, -0.25) is 14.6 Å². The molecule has 0 aliphatic heterocycles. The Morgan fingerprint density at radius 3 is 2.53 bits per heavy atom. The van der Waals surface area contributed by atoms with Crippen molar-refractivity contribution in [1.29, 1.82) is 0 Å². The van der Waals surface area contributed by atoms with Crippen LogP contribution >= 0.6 is 11.6 Å². The predicted octanol–water partition coefficient (Wildman–Crippen LogP) is 5.72. The van der Waals surface area contributed by atoms with Gasteiger partial charge in [-0.1, -0.05) is 72.8 Å². The molecule has 6 rings (SSSR count). The molecule has 0 saturated carbocycles. The molecule has 0 aliphatic carbocycles. The van der Waals surface area contributed by atoms with E-state index in [1.54, 1.807) is 6.07 Å². The average Bonchev–Trinajstić information content (AvgIpc) is 3.46. The number of carbonyl (C=O) groups excluding carboxylic acids is 2. The number of fused-ring (bicyclic) bond motifs is 4. The molecule has 0 unspecified atom stereocenters. The maximum Gasteiger partial charge on any atom is 0.270 e. The van der Waals surface area contributed by atoms with Crippen molar-refractivity contribution in [3.8, 4) is 11.4 Å². The number of para-hydroxylation sites is 2. The van der Waals surface area contributed by atoms with Crippen LogP contribution in [0.4, 0.5) is 0 Å². The summed E-state index contributed by atoms with van der Waals surface area (Å²) in [5.74, 6) is -0.301. The number of nitrogens with two attached hydrogens (primary N) is 1. The first kappa shape index (κ1) is 29.8. The fraction of sp³-hybridized carbons (Fsp3) is 0.171. The lowest BCUT2D eigenvalue weighted by atomic mass is 10.1. The number of aliphatic imine (C=N–C) groups is 1. The second-order valence-corrected chi connectivity index (χ2v) is 11.0. The number of nitrogens with one attached hydrogen (secondary N) is 3. The Balaban J connectivity index is 1.33. The van der Waals surface area contributed by atoms with E-state index in [4.69, 9.17) is 27.3 Å². The number of hydrogen-bond donors (Lipinski definition) is 4. The van der Waals surface area contributed by atoms with Crippen LogP contribution in [0.3, 0.4) is 0 Å². The van der Waals surface area contributed by atoms with Crippen molar-refractivity contribution in [1.82, 2.24) is 25.6 Å². The Hall–Kier alpha value is -5.28. The Morgan fingerprint density at radius 2 is 1.69 bits per heavy atom. The van der Waals surface area contributed by atoms with E-state index in [0.717, 1.165) is 38.3 Å². The van der Waals surface area contributed by atoms with Gasteiger partial charge in [-0.2, -0.15) is 0 Å². The molecule has 2 amide bonds. The Morgan fingerprint density at radius 1 is 0.911 bits per heavy atom. The summed E-state index contributed by atoms with van der Waals surface area (Å²) in [6.07, 6.45) is 0.863. The topological polar surface area (TPSA) is 138 Å². The Bertz CT molecular complexity index is 2020. The summed E-state index contributed by atoms with van der Waals surface area (Å²) in [6, 6.07) is 30.2. The highest BCUT2D eigenvalue weighted by molar-refractivity contribution is 6.28. The number of hydrogen-bond acceptors (Lipinski definition) is 5. The van der Waals surface area contributed by atoms with Gasteiger partial charge in [-0.25, -0.2) is 9.97 Å². The quantitative estimate of drug-likeness (QED) is 0.0637. The van der Waals surface area contributed by atoms with Gasteiger partial charge >= 0.3 is 0 Å². The standard InChI is InChI=1S/C35H32ClN7O2/c36-20-31(37)38-18-8-15-29(34(44)39-21-22-9-2-1-3-10-22)43-35(45)30-19-25-24-12-5-7-14-27(24)41-32(25)33(42-30)28-17-16-23-11-4-6-13-26(23)40-28/h1-7,9-14,16-17,19,29,41H,8,15,18,20-21H2,(H2,37,38)(H,39,44)(H,43,45)/t29-/m0/s1. The predicted molar refractivity (Wildman–Crippen MR) is 180 cm³/mol. The molecule has 0 fully saturated rings. The van der Waals surface area contributed by atoms with Crippen molar-refractivity contribution >= 4 is 62.0 Å². The first-order chi connectivity index (χ1) is 22.0. The van der Waals surface area contributed by atoms with Gasteiger partial charge in [-0.15, -0.1) is 11.6 Å². The molecule has 10 heteroatoms. The summed E-state index contributed by atoms with van der Waals surface area (Å²) in [5, 5.41) is 8.68. The van der Waals surface area contributed by atoms with Crippen LogP contribution < -0.4 is 16.4 Å². The summed E-state index contributed by atoms with van der Waals surface area (Å²) < 4.78 is 0. The number of pyridine rings is 2. The molecule has 6 aromatic rings. The molecule has 3 aromatic heterocycles. The lowest BCUT2D eigenvalue weighted by Gasteiger charge is -2.18. The number of nitrogens with zero attached hydrogens (tertiary/aromatic N) is 3. The normalized spacial score (nSPS) is 12.4. The number of carbonyl (C=O) groups is 2. The van der Waals surface area contributed by atoms with Crippen LogP contribution in [-0.2, 0) is 11.3 Å². The zero-order valence-corrected chi connectivity index (χ0v) is 25.2. The van der Waals surface area contributed by atoms with Crippen LogP contribution in [0.2, 0.25) is 0 Å². The first-order valence-corrected chi connectivity index (χ1v) is 15.3.